The number of nitrogens with one attached hydrogen (secondary N) is 2. The molecule has 12 nitrogen and oxygen atoms in total. The number of rotatable bonds is 7. The molecule has 2 aromatic heterocycles. The van der Waals surface area contributed by atoms with Gasteiger partial charge in [0.15, 0.2) is 5.65 Å². The number of benzene rings is 1. The van der Waals surface area contributed by atoms with Gasteiger partial charge in [0.25, 0.3) is 0 Å². The first-order valence-electron chi connectivity index (χ1n) is 11.6. The third-order valence-electron chi connectivity index (χ3n) is 6.29. The predicted octanol–water partition coefficient (Wildman–Crippen LogP) is 1.83. The van der Waals surface area contributed by atoms with Crippen LogP contribution in [0.25, 0.3) is 5.65 Å². The summed E-state index contributed by atoms with van der Waals surface area (Å²) in [6, 6.07) is 8.05. The molecule has 2 aliphatic rings. The van der Waals surface area contributed by atoms with Gasteiger partial charge in [-0.15, -0.1) is 0 Å². The average molecular weight is 506 g/mol. The first-order chi connectivity index (χ1) is 17.4. The first-order valence-corrected chi connectivity index (χ1v) is 11.9. The van der Waals surface area contributed by atoms with E-state index in [4.69, 9.17) is 17.3 Å². The summed E-state index contributed by atoms with van der Waals surface area (Å²) >= 11 is 6.84. The second-order valence-electron chi connectivity index (χ2n) is 9.02. The first kappa shape index (κ1) is 23.6. The molecule has 0 bridgehead atoms. The molecule has 2 fully saturated rings. The highest BCUT2D eigenvalue weighted by atomic mass is 35.5. The van der Waals surface area contributed by atoms with Gasteiger partial charge in [0.05, 0.1) is 40.8 Å². The fraction of sp³-hybridized carbons (Fsp3) is 0.391. The van der Waals surface area contributed by atoms with Crippen molar-refractivity contribution in [1.29, 1.82) is 10.5 Å². The highest BCUT2D eigenvalue weighted by Gasteiger charge is 2.28. The van der Waals surface area contributed by atoms with Crippen LogP contribution in [0.1, 0.15) is 30.9 Å². The van der Waals surface area contributed by atoms with Crippen molar-refractivity contribution in [2.45, 2.75) is 31.8 Å². The SMILES string of the molecule is C[C@@H]1CN(c2cc(C#N)cc(Nc3nc(NC4CC4)n4ncc(C#N)c4n3)c2Cl)CCN1CC(N)=O. The van der Waals surface area contributed by atoms with Crippen molar-refractivity contribution in [2.75, 3.05) is 41.7 Å². The third-order valence-corrected chi connectivity index (χ3v) is 6.69. The maximum atomic E-state index is 11.4. The van der Waals surface area contributed by atoms with Gasteiger partial charge in [-0.1, -0.05) is 11.6 Å². The standard InChI is InChI=1S/C23H24ClN11O/c1-13-11-34(5-4-33(13)12-19(27)36)18-7-14(8-25)6-17(20(18)24)30-22-31-21-15(9-26)10-28-35(21)23(32-22)29-16-2-3-16/h6-7,10,13,16H,2-5,11-12H2,1H3,(H2,27,36)(H2,29,30,31,32)/t13-/m1/s1. The Balaban J connectivity index is 1.48. The topological polar surface area (TPSA) is 164 Å². The Morgan fingerprint density at radius 2 is 2.06 bits per heavy atom. The van der Waals surface area contributed by atoms with Crippen LogP contribution in [0.15, 0.2) is 18.3 Å². The number of hydrogen-bond acceptors (Lipinski definition) is 10. The van der Waals surface area contributed by atoms with Crippen molar-refractivity contribution >= 4 is 46.4 Å². The zero-order valence-electron chi connectivity index (χ0n) is 19.6. The van der Waals surface area contributed by atoms with E-state index in [0.29, 0.717) is 64.8 Å². The van der Waals surface area contributed by atoms with Crippen molar-refractivity contribution in [2.24, 2.45) is 5.73 Å². The van der Waals surface area contributed by atoms with E-state index in [0.717, 1.165) is 12.8 Å². The average Bonchev–Trinajstić information content (AvgIpc) is 3.57. The van der Waals surface area contributed by atoms with Crippen LogP contribution in [0.3, 0.4) is 0 Å². The van der Waals surface area contributed by atoms with Gasteiger partial charge in [-0.2, -0.15) is 30.1 Å². The molecule has 4 N–H and O–H groups in total. The highest BCUT2D eigenvalue weighted by molar-refractivity contribution is 6.36. The fourth-order valence-electron chi connectivity index (χ4n) is 4.28. The number of primary amides is 1. The molecule has 184 valence electrons. The molecule has 1 aliphatic carbocycles. The van der Waals surface area contributed by atoms with E-state index in [-0.39, 0.29) is 24.4 Å². The molecule has 1 atom stereocenters. The smallest absolute Gasteiger partial charge is 0.232 e. The maximum Gasteiger partial charge on any atom is 0.232 e. The number of halogens is 1. The fourth-order valence-corrected chi connectivity index (χ4v) is 4.56. The molecule has 3 aromatic rings. The Labute approximate surface area is 212 Å². The lowest BCUT2D eigenvalue weighted by Gasteiger charge is -2.40. The number of piperazine rings is 1. The number of anilines is 4. The van der Waals surface area contributed by atoms with Crippen molar-refractivity contribution in [3.05, 3.63) is 34.5 Å². The monoisotopic (exact) mass is 505 g/mol. The van der Waals surface area contributed by atoms with Crippen LogP contribution in [-0.2, 0) is 4.79 Å². The summed E-state index contributed by atoms with van der Waals surface area (Å²) in [4.78, 5) is 24.5. The molecule has 0 unspecified atom stereocenters. The summed E-state index contributed by atoms with van der Waals surface area (Å²) in [7, 11) is 0. The second kappa shape index (κ2) is 9.49. The van der Waals surface area contributed by atoms with Crippen LogP contribution >= 0.6 is 11.6 Å². The summed E-state index contributed by atoms with van der Waals surface area (Å²) in [5.74, 6) is 0.334. The largest absolute Gasteiger partial charge is 0.369 e. The molecular formula is C23H24ClN11O. The van der Waals surface area contributed by atoms with E-state index < -0.39 is 0 Å². The van der Waals surface area contributed by atoms with Crippen molar-refractivity contribution in [1.82, 2.24) is 24.5 Å². The number of nitrogens with two attached hydrogens (primary N) is 1. The second-order valence-corrected chi connectivity index (χ2v) is 9.40. The number of nitrogens with zero attached hydrogens (tertiary/aromatic N) is 8. The third kappa shape index (κ3) is 4.69. The van der Waals surface area contributed by atoms with Gasteiger partial charge >= 0.3 is 0 Å². The van der Waals surface area contributed by atoms with E-state index in [2.05, 4.69) is 42.7 Å². The van der Waals surface area contributed by atoms with Crippen molar-refractivity contribution in [3.8, 4) is 12.1 Å². The van der Waals surface area contributed by atoms with E-state index in [1.165, 1.54) is 10.7 Å². The summed E-state index contributed by atoms with van der Waals surface area (Å²) in [5.41, 5.74) is 7.65. The number of fused-ring (bicyclic) bond motifs is 1. The quantitative estimate of drug-likeness (QED) is 0.431. The van der Waals surface area contributed by atoms with Crippen molar-refractivity contribution < 1.29 is 4.79 Å². The summed E-state index contributed by atoms with van der Waals surface area (Å²) in [6.07, 6.45) is 3.52. The number of nitriles is 2. The Morgan fingerprint density at radius 3 is 2.72 bits per heavy atom. The number of hydrogen-bond donors (Lipinski definition) is 3. The minimum atomic E-state index is -0.364. The molecule has 0 spiro atoms. The number of aromatic nitrogens is 4. The van der Waals surface area contributed by atoms with Crippen LogP contribution in [0.2, 0.25) is 5.02 Å². The van der Waals surface area contributed by atoms with E-state index in [1.54, 1.807) is 12.1 Å². The lowest BCUT2D eigenvalue weighted by atomic mass is 10.1. The molecule has 5 rings (SSSR count). The zero-order chi connectivity index (χ0) is 25.4. The van der Waals surface area contributed by atoms with Crippen molar-refractivity contribution in [3.63, 3.8) is 0 Å². The predicted molar refractivity (Wildman–Crippen MR) is 134 cm³/mol. The molecule has 13 heteroatoms. The lowest BCUT2D eigenvalue weighted by molar-refractivity contribution is -0.119. The minimum Gasteiger partial charge on any atom is -0.369 e. The molecule has 0 radical (unpaired) electrons. The Morgan fingerprint density at radius 1 is 1.25 bits per heavy atom. The van der Waals surface area contributed by atoms with Crippen LogP contribution in [0, 0.1) is 22.7 Å². The van der Waals surface area contributed by atoms with Gasteiger partial charge in [0, 0.05) is 31.7 Å². The van der Waals surface area contributed by atoms with Gasteiger partial charge in [0.2, 0.25) is 17.8 Å². The van der Waals surface area contributed by atoms with Gasteiger partial charge in [-0.3, -0.25) is 9.69 Å². The highest BCUT2D eigenvalue weighted by Crippen LogP contribution is 2.37. The van der Waals surface area contributed by atoms with E-state index in [1.807, 2.05) is 11.8 Å². The van der Waals surface area contributed by atoms with Gasteiger partial charge in [-0.05, 0) is 31.9 Å². The van der Waals surface area contributed by atoms with Gasteiger partial charge in [-0.25, -0.2) is 0 Å². The zero-order valence-corrected chi connectivity index (χ0v) is 20.3. The van der Waals surface area contributed by atoms with Crippen LogP contribution < -0.4 is 21.3 Å². The lowest BCUT2D eigenvalue weighted by Crippen LogP contribution is -2.54. The number of carbonyl (C=O) groups is 1. The summed E-state index contributed by atoms with van der Waals surface area (Å²) in [6.45, 7) is 4.08. The molecule has 1 aromatic carbocycles. The molecule has 3 heterocycles. The van der Waals surface area contributed by atoms with Gasteiger partial charge < -0.3 is 21.3 Å². The molecule has 1 aliphatic heterocycles. The van der Waals surface area contributed by atoms with Crippen LogP contribution in [0.5, 0.6) is 0 Å². The molecule has 36 heavy (non-hydrogen) atoms. The van der Waals surface area contributed by atoms with Crippen LogP contribution in [-0.4, -0.2) is 68.7 Å². The Hall–Kier alpha value is -4.13. The number of carbonyl (C=O) groups excluding carboxylic acids is 1. The summed E-state index contributed by atoms with van der Waals surface area (Å²) < 4.78 is 1.51. The van der Waals surface area contributed by atoms with Crippen LogP contribution in [0.4, 0.5) is 23.3 Å². The Kier molecular flexibility index (Phi) is 6.22. The minimum absolute atomic E-state index is 0.0672. The van der Waals surface area contributed by atoms with E-state index in [9.17, 15) is 15.3 Å². The number of amides is 1. The van der Waals surface area contributed by atoms with Gasteiger partial charge in [0.1, 0.15) is 11.6 Å². The Bertz CT molecular complexity index is 1420. The molecule has 1 saturated heterocycles. The molecular weight excluding hydrogens is 482 g/mol. The molecule has 1 amide bonds. The molecule has 1 saturated carbocycles. The maximum absolute atomic E-state index is 11.4. The summed E-state index contributed by atoms with van der Waals surface area (Å²) in [5, 5.41) is 30.3. The normalized spacial score (nSPS) is 18.0. The van der Waals surface area contributed by atoms with E-state index >= 15 is 0 Å².